The van der Waals surface area contributed by atoms with Crippen molar-refractivity contribution in [1.29, 1.82) is 0 Å². The van der Waals surface area contributed by atoms with Crippen LogP contribution in [0.2, 0.25) is 0 Å². The molecule has 0 N–H and O–H groups in total. The quantitative estimate of drug-likeness (QED) is 0.794. The Morgan fingerprint density at radius 2 is 1.90 bits per heavy atom. The molecule has 2 heterocycles. The van der Waals surface area contributed by atoms with Crippen LogP contribution in [0.15, 0.2) is 42.5 Å². The minimum atomic E-state index is -0.155. The van der Waals surface area contributed by atoms with Gasteiger partial charge in [-0.05, 0) is 55.5 Å². The molecule has 0 aliphatic carbocycles. The summed E-state index contributed by atoms with van der Waals surface area (Å²) in [5.74, 6) is 0.802. The standard InChI is InChI=1S/C24H28N2O3/c1-16(24(28)25-13-14-29-23-10-5-4-8-22(23)25)15-19-7-6-9-21-20(19)12-11-17(2)26(21)18(3)27/h4-10,16-17H,11-15H2,1-3H3. The Morgan fingerprint density at radius 1 is 1.14 bits per heavy atom. The summed E-state index contributed by atoms with van der Waals surface area (Å²) in [5, 5.41) is 0. The van der Waals surface area contributed by atoms with Gasteiger partial charge in [-0.15, -0.1) is 0 Å². The molecule has 2 aliphatic rings. The molecule has 29 heavy (non-hydrogen) atoms. The summed E-state index contributed by atoms with van der Waals surface area (Å²) in [6.45, 7) is 6.80. The Hall–Kier alpha value is -2.82. The van der Waals surface area contributed by atoms with Gasteiger partial charge in [0.15, 0.2) is 0 Å². The summed E-state index contributed by atoms with van der Waals surface area (Å²) in [7, 11) is 0. The number of amides is 2. The number of ether oxygens (including phenoxy) is 1. The second-order valence-corrected chi connectivity index (χ2v) is 8.10. The molecule has 2 aromatic rings. The number of hydrogen-bond donors (Lipinski definition) is 0. The van der Waals surface area contributed by atoms with Gasteiger partial charge in [-0.25, -0.2) is 0 Å². The lowest BCUT2D eigenvalue weighted by molar-refractivity contribution is -0.122. The molecule has 5 heteroatoms. The number of para-hydroxylation sites is 2. The van der Waals surface area contributed by atoms with E-state index in [0.29, 0.717) is 19.6 Å². The van der Waals surface area contributed by atoms with Gasteiger partial charge in [0.1, 0.15) is 12.4 Å². The minimum Gasteiger partial charge on any atom is -0.490 e. The monoisotopic (exact) mass is 392 g/mol. The Labute approximate surface area is 172 Å². The number of benzene rings is 2. The van der Waals surface area contributed by atoms with Crippen molar-refractivity contribution in [2.24, 2.45) is 5.92 Å². The summed E-state index contributed by atoms with van der Waals surface area (Å²) >= 11 is 0. The smallest absolute Gasteiger partial charge is 0.230 e. The molecular formula is C24H28N2O3. The van der Waals surface area contributed by atoms with Gasteiger partial charge in [0.25, 0.3) is 0 Å². The van der Waals surface area contributed by atoms with Crippen molar-refractivity contribution in [1.82, 2.24) is 0 Å². The van der Waals surface area contributed by atoms with Gasteiger partial charge < -0.3 is 14.5 Å². The van der Waals surface area contributed by atoms with Crippen LogP contribution in [-0.4, -0.2) is 31.0 Å². The normalized spacial score (nSPS) is 19.1. The molecule has 0 aromatic heterocycles. The number of carbonyl (C=O) groups excluding carboxylic acids is 2. The van der Waals surface area contributed by atoms with E-state index in [4.69, 9.17) is 4.74 Å². The zero-order chi connectivity index (χ0) is 20.5. The van der Waals surface area contributed by atoms with Gasteiger partial charge in [-0.2, -0.15) is 0 Å². The zero-order valence-corrected chi connectivity index (χ0v) is 17.4. The topological polar surface area (TPSA) is 49.9 Å². The highest BCUT2D eigenvalue weighted by molar-refractivity contribution is 5.97. The minimum absolute atomic E-state index is 0.0737. The highest BCUT2D eigenvalue weighted by Crippen LogP contribution is 2.35. The Morgan fingerprint density at radius 3 is 2.69 bits per heavy atom. The molecule has 0 saturated carbocycles. The molecule has 152 valence electrons. The Bertz CT molecular complexity index is 939. The van der Waals surface area contributed by atoms with Crippen molar-refractivity contribution >= 4 is 23.2 Å². The summed E-state index contributed by atoms with van der Waals surface area (Å²) in [6.07, 6.45) is 2.56. The summed E-state index contributed by atoms with van der Waals surface area (Å²) in [4.78, 5) is 29.2. The summed E-state index contributed by atoms with van der Waals surface area (Å²) in [5.41, 5.74) is 4.23. The molecule has 5 nitrogen and oxygen atoms in total. The van der Waals surface area contributed by atoms with Crippen LogP contribution >= 0.6 is 0 Å². The highest BCUT2D eigenvalue weighted by Gasteiger charge is 2.30. The summed E-state index contributed by atoms with van der Waals surface area (Å²) in [6, 6.07) is 14.0. The number of carbonyl (C=O) groups is 2. The average molecular weight is 392 g/mol. The maximum atomic E-state index is 13.3. The van der Waals surface area contributed by atoms with E-state index >= 15 is 0 Å². The van der Waals surface area contributed by atoms with Crippen molar-refractivity contribution in [2.45, 2.75) is 46.1 Å². The molecule has 2 unspecified atom stereocenters. The molecule has 0 radical (unpaired) electrons. The second kappa shape index (κ2) is 7.90. The van der Waals surface area contributed by atoms with E-state index in [1.54, 1.807) is 6.92 Å². The van der Waals surface area contributed by atoms with Crippen LogP contribution in [0.4, 0.5) is 11.4 Å². The fraction of sp³-hybridized carbons (Fsp3) is 0.417. The molecule has 2 aliphatic heterocycles. The Balaban J connectivity index is 1.58. The number of nitrogens with zero attached hydrogens (tertiary/aromatic N) is 2. The van der Waals surface area contributed by atoms with Gasteiger partial charge in [-0.1, -0.05) is 31.2 Å². The number of fused-ring (bicyclic) bond motifs is 2. The maximum absolute atomic E-state index is 13.3. The third kappa shape index (κ3) is 3.61. The molecule has 2 amide bonds. The molecule has 0 saturated heterocycles. The predicted octanol–water partition coefficient (Wildman–Crippen LogP) is 3.98. The van der Waals surface area contributed by atoms with E-state index in [-0.39, 0.29) is 23.8 Å². The second-order valence-electron chi connectivity index (χ2n) is 8.10. The lowest BCUT2D eigenvalue weighted by atomic mass is 9.88. The number of rotatable bonds is 3. The van der Waals surface area contributed by atoms with Crippen molar-refractivity contribution in [3.8, 4) is 5.75 Å². The van der Waals surface area contributed by atoms with Crippen LogP contribution in [0.5, 0.6) is 5.75 Å². The highest BCUT2D eigenvalue weighted by atomic mass is 16.5. The first-order chi connectivity index (χ1) is 14.0. The van der Waals surface area contributed by atoms with E-state index in [2.05, 4.69) is 13.0 Å². The summed E-state index contributed by atoms with van der Waals surface area (Å²) < 4.78 is 5.69. The van der Waals surface area contributed by atoms with Gasteiger partial charge in [0, 0.05) is 24.6 Å². The fourth-order valence-electron chi connectivity index (χ4n) is 4.61. The maximum Gasteiger partial charge on any atom is 0.230 e. The van der Waals surface area contributed by atoms with Gasteiger partial charge >= 0.3 is 0 Å². The number of anilines is 2. The third-order valence-electron chi connectivity index (χ3n) is 6.04. The van der Waals surface area contributed by atoms with E-state index < -0.39 is 0 Å². The zero-order valence-electron chi connectivity index (χ0n) is 17.4. The first-order valence-corrected chi connectivity index (χ1v) is 10.4. The Kier molecular flexibility index (Phi) is 5.31. The largest absolute Gasteiger partial charge is 0.490 e. The molecule has 0 bridgehead atoms. The molecular weight excluding hydrogens is 364 g/mol. The van der Waals surface area contributed by atoms with Crippen LogP contribution < -0.4 is 14.5 Å². The van der Waals surface area contributed by atoms with Crippen LogP contribution in [0.1, 0.15) is 38.3 Å². The van der Waals surface area contributed by atoms with E-state index in [1.165, 1.54) is 11.1 Å². The lowest BCUT2D eigenvalue weighted by Crippen LogP contribution is -2.42. The van der Waals surface area contributed by atoms with Gasteiger partial charge in [0.2, 0.25) is 11.8 Å². The van der Waals surface area contributed by atoms with Crippen molar-refractivity contribution in [2.75, 3.05) is 23.0 Å². The van der Waals surface area contributed by atoms with E-state index in [1.807, 2.05) is 53.1 Å². The van der Waals surface area contributed by atoms with Crippen molar-refractivity contribution in [3.05, 3.63) is 53.6 Å². The first kappa shape index (κ1) is 19.5. The molecule has 4 rings (SSSR count). The van der Waals surface area contributed by atoms with Gasteiger partial charge in [0.05, 0.1) is 12.2 Å². The molecule has 0 spiro atoms. The van der Waals surface area contributed by atoms with Crippen molar-refractivity contribution in [3.63, 3.8) is 0 Å². The average Bonchev–Trinajstić information content (AvgIpc) is 2.72. The van der Waals surface area contributed by atoms with E-state index in [0.717, 1.165) is 30.0 Å². The van der Waals surface area contributed by atoms with Crippen molar-refractivity contribution < 1.29 is 14.3 Å². The molecule has 0 fully saturated rings. The predicted molar refractivity (Wildman–Crippen MR) is 115 cm³/mol. The number of hydrogen-bond acceptors (Lipinski definition) is 3. The lowest BCUT2D eigenvalue weighted by Gasteiger charge is -2.36. The third-order valence-corrected chi connectivity index (χ3v) is 6.04. The molecule has 2 atom stereocenters. The van der Waals surface area contributed by atoms with Crippen LogP contribution in [0.3, 0.4) is 0 Å². The van der Waals surface area contributed by atoms with Crippen LogP contribution in [0, 0.1) is 5.92 Å². The SMILES string of the molecule is CC(=O)N1c2cccc(CC(C)C(=O)N3CCOc4ccccc43)c2CCC1C. The fourth-order valence-corrected chi connectivity index (χ4v) is 4.61. The molecule has 2 aromatic carbocycles. The van der Waals surface area contributed by atoms with Gasteiger partial charge in [-0.3, -0.25) is 9.59 Å². The van der Waals surface area contributed by atoms with Crippen LogP contribution in [-0.2, 0) is 22.4 Å². The first-order valence-electron chi connectivity index (χ1n) is 10.4. The van der Waals surface area contributed by atoms with Crippen LogP contribution in [0.25, 0.3) is 0 Å². The van der Waals surface area contributed by atoms with E-state index in [9.17, 15) is 9.59 Å².